The molecule has 2 aromatic carbocycles. The summed E-state index contributed by atoms with van der Waals surface area (Å²) in [5.74, 6) is -0.748. The molecule has 2 aromatic rings. The van der Waals surface area contributed by atoms with Gasteiger partial charge in [-0.05, 0) is 30.5 Å². The summed E-state index contributed by atoms with van der Waals surface area (Å²) in [6.07, 6.45) is 1.13. The van der Waals surface area contributed by atoms with E-state index in [1.165, 1.54) is 20.3 Å². The first-order chi connectivity index (χ1) is 14.3. The molecule has 1 amide bonds. The highest BCUT2D eigenvalue weighted by Crippen LogP contribution is 2.35. The van der Waals surface area contributed by atoms with E-state index in [0.29, 0.717) is 18.6 Å². The monoisotopic (exact) mass is 418 g/mol. The summed E-state index contributed by atoms with van der Waals surface area (Å²) in [4.78, 5) is 33.9. The summed E-state index contributed by atoms with van der Waals surface area (Å²) in [5, 5.41) is 11.2. The predicted molar refractivity (Wildman–Crippen MR) is 106 cm³/mol. The molecule has 10 heteroatoms. The third-order valence-electron chi connectivity index (χ3n) is 4.28. The van der Waals surface area contributed by atoms with Crippen molar-refractivity contribution in [1.29, 1.82) is 0 Å². The fourth-order valence-corrected chi connectivity index (χ4v) is 2.81. The normalized spacial score (nSPS) is 10.2. The van der Waals surface area contributed by atoms with Crippen molar-refractivity contribution in [2.24, 2.45) is 5.73 Å². The van der Waals surface area contributed by atoms with Crippen molar-refractivity contribution in [1.82, 2.24) is 0 Å². The second-order valence-corrected chi connectivity index (χ2v) is 6.12. The van der Waals surface area contributed by atoms with Gasteiger partial charge in [0.25, 0.3) is 11.6 Å². The van der Waals surface area contributed by atoms with Crippen molar-refractivity contribution in [2.75, 3.05) is 27.9 Å². The van der Waals surface area contributed by atoms with Gasteiger partial charge in [0.2, 0.25) is 0 Å². The third-order valence-corrected chi connectivity index (χ3v) is 4.28. The molecule has 0 heterocycles. The van der Waals surface area contributed by atoms with E-state index >= 15 is 0 Å². The number of ether oxygens (including phenoxy) is 4. The summed E-state index contributed by atoms with van der Waals surface area (Å²) in [7, 11) is 3.92. The molecular formula is C20H22N2O8. The Morgan fingerprint density at radius 1 is 1.00 bits per heavy atom. The Labute approximate surface area is 172 Å². The number of carbonyl (C=O) groups excluding carboxylic acids is 2. The van der Waals surface area contributed by atoms with Crippen molar-refractivity contribution >= 4 is 17.6 Å². The number of hydrogen-bond acceptors (Lipinski definition) is 8. The average molecular weight is 418 g/mol. The number of methoxy groups -OCH3 is 3. The maximum absolute atomic E-state index is 11.9. The third kappa shape index (κ3) is 5.16. The van der Waals surface area contributed by atoms with Crippen LogP contribution in [0.25, 0.3) is 0 Å². The lowest BCUT2D eigenvalue weighted by Gasteiger charge is -2.13. The molecule has 0 bridgehead atoms. The number of nitrogens with two attached hydrogens (primary N) is 1. The van der Waals surface area contributed by atoms with Gasteiger partial charge in [0.05, 0.1) is 44.5 Å². The zero-order chi connectivity index (χ0) is 22.3. The predicted octanol–water partition coefficient (Wildman–Crippen LogP) is 2.51. The fraction of sp³-hybridized carbons (Fsp3) is 0.300. The minimum absolute atomic E-state index is 0.120. The minimum atomic E-state index is -0.855. The van der Waals surface area contributed by atoms with Crippen LogP contribution in [0.5, 0.6) is 17.2 Å². The van der Waals surface area contributed by atoms with Crippen molar-refractivity contribution < 1.29 is 33.5 Å². The lowest BCUT2D eigenvalue weighted by Crippen LogP contribution is -2.13. The maximum Gasteiger partial charge on any atom is 0.345 e. The number of aryl methyl sites for hydroxylation is 1. The molecule has 0 aliphatic heterocycles. The van der Waals surface area contributed by atoms with Crippen LogP contribution in [0.4, 0.5) is 5.69 Å². The van der Waals surface area contributed by atoms with E-state index in [2.05, 4.69) is 4.74 Å². The molecule has 10 nitrogen and oxygen atoms in total. The lowest BCUT2D eigenvalue weighted by atomic mass is 10.1. The van der Waals surface area contributed by atoms with Crippen LogP contribution in [0.3, 0.4) is 0 Å². The van der Waals surface area contributed by atoms with Crippen molar-refractivity contribution in [3.8, 4) is 17.2 Å². The minimum Gasteiger partial charge on any atom is -0.496 e. The van der Waals surface area contributed by atoms with Gasteiger partial charge in [-0.3, -0.25) is 14.9 Å². The maximum atomic E-state index is 11.9. The Morgan fingerprint density at radius 3 is 2.27 bits per heavy atom. The SMILES string of the molecule is COC(=O)c1cc(OCCCc2ccc(OC)c(C(N)=O)c2)c(OC)cc1[N+](=O)[O-]. The highest BCUT2D eigenvalue weighted by atomic mass is 16.6. The highest BCUT2D eigenvalue weighted by Gasteiger charge is 2.25. The summed E-state index contributed by atoms with van der Waals surface area (Å²) in [6, 6.07) is 7.47. The molecule has 0 aliphatic carbocycles. The second-order valence-electron chi connectivity index (χ2n) is 6.12. The number of esters is 1. The molecule has 0 aromatic heterocycles. The number of amides is 1. The number of rotatable bonds is 10. The molecule has 2 rings (SSSR count). The molecule has 0 saturated heterocycles. The molecule has 2 N–H and O–H groups in total. The van der Waals surface area contributed by atoms with E-state index in [1.807, 2.05) is 6.07 Å². The Morgan fingerprint density at radius 2 is 1.70 bits per heavy atom. The van der Waals surface area contributed by atoms with Crippen LogP contribution in [0.1, 0.15) is 32.7 Å². The number of carbonyl (C=O) groups is 2. The quantitative estimate of drug-likeness (QED) is 0.269. The molecular weight excluding hydrogens is 396 g/mol. The van der Waals surface area contributed by atoms with Crippen LogP contribution >= 0.6 is 0 Å². The van der Waals surface area contributed by atoms with Gasteiger partial charge in [0, 0.05) is 6.07 Å². The first-order valence-electron chi connectivity index (χ1n) is 8.86. The molecule has 0 fully saturated rings. The number of nitrogens with zero attached hydrogens (tertiary/aromatic N) is 1. The van der Waals surface area contributed by atoms with Gasteiger partial charge >= 0.3 is 5.97 Å². The first kappa shape index (κ1) is 22.5. The number of hydrogen-bond donors (Lipinski definition) is 1. The van der Waals surface area contributed by atoms with Gasteiger partial charge in [-0.2, -0.15) is 0 Å². The lowest BCUT2D eigenvalue weighted by molar-refractivity contribution is -0.385. The summed E-state index contributed by atoms with van der Waals surface area (Å²) < 4.78 is 20.5. The van der Waals surface area contributed by atoms with Crippen molar-refractivity contribution in [2.45, 2.75) is 12.8 Å². The van der Waals surface area contributed by atoms with Gasteiger partial charge in [0.15, 0.2) is 11.5 Å². The van der Waals surface area contributed by atoms with E-state index < -0.39 is 22.5 Å². The van der Waals surface area contributed by atoms with E-state index in [1.54, 1.807) is 12.1 Å². The molecule has 0 aliphatic rings. The second kappa shape index (κ2) is 10.1. The van der Waals surface area contributed by atoms with Crippen molar-refractivity contribution in [3.05, 3.63) is 57.1 Å². The molecule has 0 saturated carbocycles. The van der Waals surface area contributed by atoms with Crippen LogP contribution in [0.15, 0.2) is 30.3 Å². The molecule has 0 atom stereocenters. The largest absolute Gasteiger partial charge is 0.496 e. The zero-order valence-corrected chi connectivity index (χ0v) is 16.8. The molecule has 0 unspecified atom stereocenters. The molecule has 160 valence electrons. The van der Waals surface area contributed by atoms with Crippen LogP contribution in [0, 0.1) is 10.1 Å². The number of nitro benzene ring substituents is 1. The molecule has 0 spiro atoms. The Balaban J connectivity index is 2.12. The van der Waals surface area contributed by atoms with Crippen LogP contribution < -0.4 is 19.9 Å². The molecule has 0 radical (unpaired) electrons. The standard InChI is InChI=1S/C20H22N2O8/c1-27-16-7-6-12(9-14(16)19(21)23)5-4-8-30-18-10-13(20(24)29-3)15(22(25)26)11-17(18)28-2/h6-7,9-11H,4-5,8H2,1-3H3,(H2,21,23). The zero-order valence-electron chi connectivity index (χ0n) is 16.8. The smallest absolute Gasteiger partial charge is 0.345 e. The average Bonchev–Trinajstić information content (AvgIpc) is 2.75. The fourth-order valence-electron chi connectivity index (χ4n) is 2.81. The highest BCUT2D eigenvalue weighted by molar-refractivity contribution is 5.96. The summed E-state index contributed by atoms with van der Waals surface area (Å²) >= 11 is 0. The van der Waals surface area contributed by atoms with Gasteiger partial charge in [-0.15, -0.1) is 0 Å². The van der Waals surface area contributed by atoms with E-state index in [9.17, 15) is 19.7 Å². The van der Waals surface area contributed by atoms with Crippen LogP contribution in [0.2, 0.25) is 0 Å². The van der Waals surface area contributed by atoms with Crippen LogP contribution in [-0.4, -0.2) is 44.7 Å². The Bertz CT molecular complexity index is 958. The van der Waals surface area contributed by atoms with Gasteiger partial charge in [-0.25, -0.2) is 4.79 Å². The van der Waals surface area contributed by atoms with Gasteiger partial charge in [0.1, 0.15) is 11.3 Å². The topological polar surface area (TPSA) is 140 Å². The van der Waals surface area contributed by atoms with Gasteiger partial charge in [-0.1, -0.05) is 6.07 Å². The van der Waals surface area contributed by atoms with E-state index in [-0.39, 0.29) is 29.2 Å². The summed E-state index contributed by atoms with van der Waals surface area (Å²) in [5.41, 5.74) is 5.83. The Hall–Kier alpha value is -3.82. The van der Waals surface area contributed by atoms with Crippen molar-refractivity contribution in [3.63, 3.8) is 0 Å². The van der Waals surface area contributed by atoms with Gasteiger partial charge < -0.3 is 24.7 Å². The number of benzene rings is 2. The van der Waals surface area contributed by atoms with Crippen LogP contribution in [-0.2, 0) is 11.2 Å². The van der Waals surface area contributed by atoms with E-state index in [0.717, 1.165) is 18.7 Å². The first-order valence-corrected chi connectivity index (χ1v) is 8.86. The molecule has 30 heavy (non-hydrogen) atoms. The Kier molecular flexibility index (Phi) is 7.56. The number of primary amides is 1. The van der Waals surface area contributed by atoms with E-state index in [4.69, 9.17) is 19.9 Å². The number of nitro groups is 1. The summed E-state index contributed by atoms with van der Waals surface area (Å²) in [6.45, 7) is 0.229.